The van der Waals surface area contributed by atoms with Crippen LogP contribution in [-0.4, -0.2) is 5.97 Å². The van der Waals surface area contributed by atoms with E-state index in [2.05, 4.69) is 50.2 Å². The summed E-state index contributed by atoms with van der Waals surface area (Å²) in [7, 11) is 0. The summed E-state index contributed by atoms with van der Waals surface area (Å²) in [4.78, 5) is 12.3. The minimum absolute atomic E-state index is 0.156. The Balaban J connectivity index is 1.40. The molecule has 0 aromatic heterocycles. The first-order valence-corrected chi connectivity index (χ1v) is 12.6. The van der Waals surface area contributed by atoms with Crippen molar-refractivity contribution in [2.45, 2.75) is 96.8 Å². The molecule has 3 rings (SSSR count). The molecule has 1 saturated carbocycles. The first kappa shape index (κ1) is 23.6. The van der Waals surface area contributed by atoms with E-state index in [0.29, 0.717) is 12.2 Å². The molecule has 0 atom stereocenters. The maximum atomic E-state index is 12.3. The Hall–Kier alpha value is -2.09. The lowest BCUT2D eigenvalue weighted by atomic mass is 9.77. The molecule has 0 saturated heterocycles. The summed E-state index contributed by atoms with van der Waals surface area (Å²) < 4.78 is 5.53. The van der Waals surface area contributed by atoms with Gasteiger partial charge in [-0.15, -0.1) is 0 Å². The maximum absolute atomic E-state index is 12.3. The molecule has 2 heteroatoms. The summed E-state index contributed by atoms with van der Waals surface area (Å²) >= 11 is 0. The van der Waals surface area contributed by atoms with Crippen molar-refractivity contribution in [2.24, 2.45) is 5.92 Å². The zero-order valence-corrected chi connectivity index (χ0v) is 19.6. The van der Waals surface area contributed by atoms with Crippen molar-refractivity contribution >= 4 is 5.97 Å². The fourth-order valence-corrected chi connectivity index (χ4v) is 4.88. The Bertz CT molecular complexity index is 767. The summed E-state index contributed by atoms with van der Waals surface area (Å²) in [6, 6.07) is 17.0. The van der Waals surface area contributed by atoms with Crippen LogP contribution in [0.25, 0.3) is 0 Å². The molecule has 2 aromatic carbocycles. The molecule has 2 nitrogen and oxygen atoms in total. The molecule has 0 aliphatic heterocycles. The van der Waals surface area contributed by atoms with Gasteiger partial charge in [0.05, 0.1) is 0 Å². The van der Waals surface area contributed by atoms with E-state index in [0.717, 1.165) is 24.7 Å². The van der Waals surface area contributed by atoms with Gasteiger partial charge in [-0.25, -0.2) is 0 Å². The normalized spacial score (nSPS) is 18.6. The van der Waals surface area contributed by atoms with Gasteiger partial charge in [0.15, 0.2) is 0 Å². The molecule has 0 bridgehead atoms. The Kier molecular flexibility index (Phi) is 9.65. The molecule has 2 aromatic rings. The number of aryl methyl sites for hydroxylation is 2. The average Bonchev–Trinajstić information content (AvgIpc) is 2.80. The molecule has 0 N–H and O–H groups in total. The summed E-state index contributed by atoms with van der Waals surface area (Å²) in [5, 5.41) is 0. The maximum Gasteiger partial charge on any atom is 0.311 e. The lowest BCUT2D eigenvalue weighted by Gasteiger charge is -2.28. The van der Waals surface area contributed by atoms with Crippen LogP contribution in [0.15, 0.2) is 48.5 Å². The van der Waals surface area contributed by atoms with Crippen LogP contribution < -0.4 is 4.74 Å². The second kappa shape index (κ2) is 12.7. The fraction of sp³-hybridized carbons (Fsp3) is 0.552. The van der Waals surface area contributed by atoms with Gasteiger partial charge in [0.1, 0.15) is 5.75 Å². The van der Waals surface area contributed by atoms with Gasteiger partial charge in [-0.05, 0) is 85.6 Å². The van der Waals surface area contributed by atoms with Crippen LogP contribution in [0.5, 0.6) is 5.75 Å². The number of carbonyl (C=O) groups excluding carboxylic acids is 1. The van der Waals surface area contributed by atoms with Crippen LogP contribution in [0, 0.1) is 5.92 Å². The molecule has 1 fully saturated rings. The molecule has 1 aliphatic rings. The Morgan fingerprint density at radius 2 is 1.45 bits per heavy atom. The monoisotopic (exact) mass is 420 g/mol. The lowest BCUT2D eigenvalue weighted by Crippen LogP contribution is -2.13. The molecule has 0 amide bonds. The van der Waals surface area contributed by atoms with Crippen molar-refractivity contribution in [3.63, 3.8) is 0 Å². The molecule has 0 unspecified atom stereocenters. The number of ether oxygens (including phenoxy) is 1. The first-order chi connectivity index (χ1) is 15.2. The number of unbranched alkanes of at least 4 members (excludes halogenated alkanes) is 2. The number of carbonyl (C=O) groups is 1. The quantitative estimate of drug-likeness (QED) is 0.209. The number of benzene rings is 2. The second-order valence-electron chi connectivity index (χ2n) is 9.32. The third-order valence-corrected chi connectivity index (χ3v) is 6.84. The minimum atomic E-state index is -0.156. The average molecular weight is 421 g/mol. The van der Waals surface area contributed by atoms with Gasteiger partial charge in [-0.2, -0.15) is 0 Å². The smallest absolute Gasteiger partial charge is 0.311 e. The van der Waals surface area contributed by atoms with Crippen LogP contribution in [0.2, 0.25) is 0 Å². The van der Waals surface area contributed by atoms with E-state index >= 15 is 0 Å². The molecule has 168 valence electrons. The van der Waals surface area contributed by atoms with Crippen LogP contribution in [-0.2, 0) is 17.6 Å². The van der Waals surface area contributed by atoms with Crippen molar-refractivity contribution < 1.29 is 9.53 Å². The van der Waals surface area contributed by atoms with Gasteiger partial charge in [0, 0.05) is 6.42 Å². The highest BCUT2D eigenvalue weighted by atomic mass is 16.5. The third-order valence-electron chi connectivity index (χ3n) is 6.84. The van der Waals surface area contributed by atoms with Crippen LogP contribution >= 0.6 is 0 Å². The Morgan fingerprint density at radius 1 is 0.806 bits per heavy atom. The highest BCUT2D eigenvalue weighted by molar-refractivity contribution is 5.72. The molecule has 0 spiro atoms. The predicted molar refractivity (Wildman–Crippen MR) is 130 cm³/mol. The zero-order valence-electron chi connectivity index (χ0n) is 19.6. The minimum Gasteiger partial charge on any atom is -0.427 e. The summed E-state index contributed by atoms with van der Waals surface area (Å²) in [5.74, 6) is 2.16. The topological polar surface area (TPSA) is 26.3 Å². The van der Waals surface area contributed by atoms with Crippen LogP contribution in [0.1, 0.15) is 101 Å². The van der Waals surface area contributed by atoms with Gasteiger partial charge in [-0.3, -0.25) is 4.79 Å². The number of esters is 1. The van der Waals surface area contributed by atoms with Crippen LogP contribution in [0.3, 0.4) is 0 Å². The molecule has 31 heavy (non-hydrogen) atoms. The summed E-state index contributed by atoms with van der Waals surface area (Å²) in [5.41, 5.74) is 4.00. The highest BCUT2D eigenvalue weighted by Gasteiger charge is 2.21. The number of hydrogen-bond acceptors (Lipinski definition) is 2. The predicted octanol–water partition coefficient (Wildman–Crippen LogP) is 8.03. The van der Waals surface area contributed by atoms with E-state index < -0.39 is 0 Å². The SMILES string of the molecule is CCCCCc1ccc(OC(=O)CCc2ccc(C3CCC(CCC)CC3)cc2)cc1. The van der Waals surface area contributed by atoms with Crippen molar-refractivity contribution in [1.82, 2.24) is 0 Å². The van der Waals surface area contributed by atoms with Gasteiger partial charge in [-0.1, -0.05) is 75.9 Å². The number of rotatable bonds is 11. The Labute approximate surface area is 189 Å². The Morgan fingerprint density at radius 3 is 2.10 bits per heavy atom. The van der Waals surface area contributed by atoms with E-state index in [1.54, 1.807) is 0 Å². The van der Waals surface area contributed by atoms with Crippen molar-refractivity contribution in [1.29, 1.82) is 0 Å². The molecule has 0 radical (unpaired) electrons. The van der Waals surface area contributed by atoms with E-state index in [-0.39, 0.29) is 5.97 Å². The lowest BCUT2D eigenvalue weighted by molar-refractivity contribution is -0.134. The molecule has 0 heterocycles. The van der Waals surface area contributed by atoms with Gasteiger partial charge < -0.3 is 4.74 Å². The highest BCUT2D eigenvalue weighted by Crippen LogP contribution is 2.37. The van der Waals surface area contributed by atoms with Crippen molar-refractivity contribution in [2.75, 3.05) is 0 Å². The van der Waals surface area contributed by atoms with E-state index in [9.17, 15) is 4.79 Å². The van der Waals surface area contributed by atoms with E-state index in [1.165, 1.54) is 74.5 Å². The standard InChI is InChI=1S/C29H40O2/c1-3-5-6-8-24-13-20-28(21-14-24)31-29(30)22-15-25-11-18-27(19-12-25)26-16-9-23(7-4-2)10-17-26/h11-14,18-21,23,26H,3-10,15-17,22H2,1-2H3. The number of hydrogen-bond donors (Lipinski definition) is 0. The first-order valence-electron chi connectivity index (χ1n) is 12.6. The van der Waals surface area contributed by atoms with Crippen molar-refractivity contribution in [3.05, 3.63) is 65.2 Å². The van der Waals surface area contributed by atoms with Crippen molar-refractivity contribution in [3.8, 4) is 5.75 Å². The zero-order chi connectivity index (χ0) is 21.9. The van der Waals surface area contributed by atoms with Gasteiger partial charge in [0.2, 0.25) is 0 Å². The van der Waals surface area contributed by atoms with Crippen LogP contribution in [0.4, 0.5) is 0 Å². The van der Waals surface area contributed by atoms with Gasteiger partial charge in [0.25, 0.3) is 0 Å². The summed E-state index contributed by atoms with van der Waals surface area (Å²) in [6.07, 6.45) is 14.1. The largest absolute Gasteiger partial charge is 0.427 e. The molecule has 1 aliphatic carbocycles. The van der Waals surface area contributed by atoms with E-state index in [1.807, 2.05) is 12.1 Å². The third kappa shape index (κ3) is 7.83. The van der Waals surface area contributed by atoms with E-state index in [4.69, 9.17) is 4.74 Å². The summed E-state index contributed by atoms with van der Waals surface area (Å²) in [6.45, 7) is 4.52. The molecular formula is C29H40O2. The van der Waals surface area contributed by atoms with Gasteiger partial charge >= 0.3 is 5.97 Å². The fourth-order valence-electron chi connectivity index (χ4n) is 4.88. The molecular weight excluding hydrogens is 380 g/mol. The second-order valence-corrected chi connectivity index (χ2v) is 9.32.